The number of anilines is 1. The molecule has 1 aromatic heterocycles. The maximum Gasteiger partial charge on any atom is 0.131 e. The first-order valence-corrected chi connectivity index (χ1v) is 7.63. The highest BCUT2D eigenvalue weighted by atomic mass is 16.5. The van der Waals surface area contributed by atoms with Crippen LogP contribution in [0.4, 0.5) is 5.82 Å². The van der Waals surface area contributed by atoms with E-state index in [1.54, 1.807) is 7.11 Å². The number of hydrogen-bond acceptors (Lipinski definition) is 5. The van der Waals surface area contributed by atoms with Crippen molar-refractivity contribution >= 4 is 5.82 Å². The molecule has 1 saturated heterocycles. The minimum atomic E-state index is 0.270. The molecule has 0 saturated carbocycles. The summed E-state index contributed by atoms with van der Waals surface area (Å²) in [6.45, 7) is 7.51. The highest BCUT2D eigenvalue weighted by Crippen LogP contribution is 2.25. The van der Waals surface area contributed by atoms with Gasteiger partial charge in [0.2, 0.25) is 0 Å². The number of nitrogens with one attached hydrogen (secondary N) is 1. The lowest BCUT2D eigenvalue weighted by atomic mass is 10.1. The van der Waals surface area contributed by atoms with E-state index < -0.39 is 0 Å². The third kappa shape index (κ3) is 4.15. The molecule has 1 fully saturated rings. The highest BCUT2D eigenvalue weighted by Gasteiger charge is 2.29. The van der Waals surface area contributed by atoms with Crippen molar-refractivity contribution < 1.29 is 9.47 Å². The largest absolute Gasteiger partial charge is 0.383 e. The molecule has 0 spiro atoms. The summed E-state index contributed by atoms with van der Waals surface area (Å²) in [6, 6.07) is 2.63. The second-order valence-electron chi connectivity index (χ2n) is 5.70. The highest BCUT2D eigenvalue weighted by molar-refractivity contribution is 5.48. The Hall–Kier alpha value is -1.17. The lowest BCUT2D eigenvalue weighted by Gasteiger charge is -2.29. The molecule has 21 heavy (non-hydrogen) atoms. The summed E-state index contributed by atoms with van der Waals surface area (Å²) in [5.41, 5.74) is 2.42. The molecule has 0 amide bonds. The zero-order chi connectivity index (χ0) is 15.2. The van der Waals surface area contributed by atoms with Gasteiger partial charge >= 0.3 is 0 Å². The van der Waals surface area contributed by atoms with Crippen LogP contribution in [-0.4, -0.2) is 51.0 Å². The minimum Gasteiger partial charge on any atom is -0.383 e. The van der Waals surface area contributed by atoms with E-state index in [1.165, 1.54) is 11.1 Å². The van der Waals surface area contributed by atoms with Crippen LogP contribution >= 0.6 is 0 Å². The van der Waals surface area contributed by atoms with Gasteiger partial charge in [-0.15, -0.1) is 0 Å². The lowest BCUT2D eigenvalue weighted by molar-refractivity contribution is 0.118. The number of methoxy groups -OCH3 is 1. The normalized spacial score (nSPS) is 21.7. The van der Waals surface area contributed by atoms with E-state index in [2.05, 4.69) is 42.2 Å². The number of aryl methyl sites for hydroxylation is 1. The number of likely N-dealkylation sites (N-methyl/N-ethyl adjacent to an activating group) is 1. The maximum atomic E-state index is 5.66. The van der Waals surface area contributed by atoms with Crippen molar-refractivity contribution in [2.45, 2.75) is 39.0 Å². The van der Waals surface area contributed by atoms with Crippen molar-refractivity contribution in [1.82, 2.24) is 10.3 Å². The summed E-state index contributed by atoms with van der Waals surface area (Å²) in [5.74, 6) is 1.05. The molecule has 1 aliphatic rings. The Balaban J connectivity index is 1.98. The van der Waals surface area contributed by atoms with Crippen LogP contribution < -0.4 is 10.2 Å². The third-order valence-electron chi connectivity index (χ3n) is 4.09. The first-order chi connectivity index (χ1) is 10.1. The first kappa shape index (κ1) is 16.2. The lowest BCUT2D eigenvalue weighted by Crippen LogP contribution is -2.37. The molecule has 2 atom stereocenters. The summed E-state index contributed by atoms with van der Waals surface area (Å²) in [5, 5.41) is 3.34. The number of hydrogen-bond donors (Lipinski definition) is 1. The average molecular weight is 293 g/mol. The van der Waals surface area contributed by atoms with Gasteiger partial charge < -0.3 is 19.7 Å². The van der Waals surface area contributed by atoms with E-state index >= 15 is 0 Å². The van der Waals surface area contributed by atoms with Crippen LogP contribution in [0.25, 0.3) is 0 Å². The molecule has 0 radical (unpaired) electrons. The number of ether oxygens (including phenoxy) is 2. The Bertz CT molecular complexity index is 453. The van der Waals surface area contributed by atoms with Crippen LogP contribution in [0.3, 0.4) is 0 Å². The fourth-order valence-electron chi connectivity index (χ4n) is 2.88. The fourth-order valence-corrected chi connectivity index (χ4v) is 2.88. The molecule has 1 aromatic rings. The Morgan fingerprint density at radius 3 is 2.95 bits per heavy atom. The quantitative estimate of drug-likeness (QED) is 0.776. The van der Waals surface area contributed by atoms with Crippen molar-refractivity contribution in [3.63, 3.8) is 0 Å². The second kappa shape index (κ2) is 7.73. The zero-order valence-electron chi connectivity index (χ0n) is 13.6. The van der Waals surface area contributed by atoms with Gasteiger partial charge in [0.1, 0.15) is 5.82 Å². The predicted molar refractivity (Wildman–Crippen MR) is 84.8 cm³/mol. The predicted octanol–water partition coefficient (Wildman–Crippen LogP) is 1.74. The van der Waals surface area contributed by atoms with Gasteiger partial charge in [0, 0.05) is 40.1 Å². The van der Waals surface area contributed by atoms with Crippen molar-refractivity contribution in [2.75, 3.05) is 38.8 Å². The molecule has 2 unspecified atom stereocenters. The summed E-state index contributed by atoms with van der Waals surface area (Å²) < 4.78 is 10.7. The molecule has 0 aliphatic carbocycles. The summed E-state index contributed by atoms with van der Waals surface area (Å²) in [7, 11) is 3.83. The first-order valence-electron chi connectivity index (χ1n) is 7.63. The zero-order valence-corrected chi connectivity index (χ0v) is 13.6. The van der Waals surface area contributed by atoms with Crippen LogP contribution in [0.15, 0.2) is 12.3 Å². The average Bonchev–Trinajstić information content (AvgIpc) is 2.89. The maximum absolute atomic E-state index is 5.66. The Labute approximate surface area is 127 Å². The van der Waals surface area contributed by atoms with Crippen molar-refractivity contribution in [3.05, 3.63) is 23.4 Å². The Morgan fingerprint density at radius 2 is 2.33 bits per heavy atom. The monoisotopic (exact) mass is 293 g/mol. The van der Waals surface area contributed by atoms with E-state index in [9.17, 15) is 0 Å². The van der Waals surface area contributed by atoms with Crippen LogP contribution in [0.5, 0.6) is 0 Å². The van der Waals surface area contributed by atoms with Gasteiger partial charge in [0.25, 0.3) is 0 Å². The fraction of sp³-hybridized carbons (Fsp3) is 0.688. The van der Waals surface area contributed by atoms with Crippen LogP contribution in [0, 0.1) is 6.92 Å². The molecular formula is C16H27N3O2. The molecule has 1 N–H and O–H groups in total. The Morgan fingerprint density at radius 1 is 1.52 bits per heavy atom. The second-order valence-corrected chi connectivity index (χ2v) is 5.70. The number of nitrogens with zero attached hydrogens (tertiary/aromatic N) is 2. The third-order valence-corrected chi connectivity index (χ3v) is 4.09. The molecule has 0 bridgehead atoms. The molecule has 2 heterocycles. The molecule has 5 heteroatoms. The minimum absolute atomic E-state index is 0.270. The van der Waals surface area contributed by atoms with Gasteiger partial charge in [-0.05, 0) is 37.5 Å². The van der Waals surface area contributed by atoms with Gasteiger partial charge in [0.05, 0.1) is 18.8 Å². The van der Waals surface area contributed by atoms with E-state index in [1.807, 2.05) is 6.20 Å². The molecule has 118 valence electrons. The van der Waals surface area contributed by atoms with Crippen LogP contribution in [0.2, 0.25) is 0 Å². The van der Waals surface area contributed by atoms with E-state index in [-0.39, 0.29) is 6.10 Å². The van der Waals surface area contributed by atoms with Crippen LogP contribution in [0.1, 0.15) is 24.5 Å². The number of pyridine rings is 1. The van der Waals surface area contributed by atoms with Crippen molar-refractivity contribution in [2.24, 2.45) is 0 Å². The summed E-state index contributed by atoms with van der Waals surface area (Å²) in [4.78, 5) is 6.91. The summed E-state index contributed by atoms with van der Waals surface area (Å²) in [6.07, 6.45) is 3.30. The van der Waals surface area contributed by atoms with Gasteiger partial charge in [-0.3, -0.25) is 0 Å². The van der Waals surface area contributed by atoms with Crippen LogP contribution in [-0.2, 0) is 16.0 Å². The van der Waals surface area contributed by atoms with Gasteiger partial charge in [0.15, 0.2) is 0 Å². The number of rotatable bonds is 7. The van der Waals surface area contributed by atoms with Crippen molar-refractivity contribution in [3.8, 4) is 0 Å². The van der Waals surface area contributed by atoms with Gasteiger partial charge in [-0.25, -0.2) is 4.98 Å². The standard InChI is InChI=1S/C16H27N3O2/c1-12-9-14(10-17-6-8-20-4)11-18-16(12)19(3)15-5-7-21-13(15)2/h9,11,13,15,17H,5-8,10H2,1-4H3. The van der Waals surface area contributed by atoms with Gasteiger partial charge in [-0.2, -0.15) is 0 Å². The summed E-state index contributed by atoms with van der Waals surface area (Å²) >= 11 is 0. The van der Waals surface area contributed by atoms with E-state index in [0.29, 0.717) is 6.04 Å². The SMILES string of the molecule is COCCNCc1cnc(N(C)C2CCOC2C)c(C)c1. The Kier molecular flexibility index (Phi) is 5.96. The van der Waals surface area contributed by atoms with E-state index in [0.717, 1.165) is 38.5 Å². The van der Waals surface area contributed by atoms with Crippen molar-refractivity contribution in [1.29, 1.82) is 0 Å². The topological polar surface area (TPSA) is 46.6 Å². The molecule has 2 rings (SSSR count). The van der Waals surface area contributed by atoms with Gasteiger partial charge in [-0.1, -0.05) is 0 Å². The molecule has 1 aliphatic heterocycles. The molecule has 0 aromatic carbocycles. The molecular weight excluding hydrogens is 266 g/mol. The number of aromatic nitrogens is 1. The smallest absolute Gasteiger partial charge is 0.131 e. The molecule has 5 nitrogen and oxygen atoms in total. The van der Waals surface area contributed by atoms with E-state index in [4.69, 9.17) is 9.47 Å².